The second-order valence-electron chi connectivity index (χ2n) is 5.77. The zero-order valence-corrected chi connectivity index (χ0v) is 15.0. The van der Waals surface area contributed by atoms with E-state index in [1.54, 1.807) is 24.3 Å². The molecule has 0 radical (unpaired) electrons. The van der Waals surface area contributed by atoms with Crippen LogP contribution in [0.5, 0.6) is 5.75 Å². The van der Waals surface area contributed by atoms with E-state index in [9.17, 15) is 9.59 Å². The number of amides is 2. The quantitative estimate of drug-likeness (QED) is 0.695. The van der Waals surface area contributed by atoms with Crippen molar-refractivity contribution in [3.05, 3.63) is 70.4 Å². The first-order valence-electron chi connectivity index (χ1n) is 8.00. The minimum absolute atomic E-state index is 0.192. The Kier molecular flexibility index (Phi) is 5.34. The maximum atomic E-state index is 12.7. The number of carbonyl (C=O) groups excluding carboxylic acids is 2. The summed E-state index contributed by atoms with van der Waals surface area (Å²) in [5, 5.41) is 4.77. The minimum atomic E-state index is -0.555. The lowest BCUT2D eigenvalue weighted by Gasteiger charge is -2.09. The van der Waals surface area contributed by atoms with E-state index in [1.165, 1.54) is 16.9 Å². The summed E-state index contributed by atoms with van der Waals surface area (Å²) < 4.78 is 5.26. The molecule has 0 atom stereocenters. The third-order valence-corrected chi connectivity index (χ3v) is 4.62. The minimum Gasteiger partial charge on any atom is -0.484 e. The van der Waals surface area contributed by atoms with E-state index in [0.717, 1.165) is 11.1 Å². The van der Waals surface area contributed by atoms with Crippen LogP contribution < -0.4 is 15.8 Å². The van der Waals surface area contributed by atoms with Crippen LogP contribution in [0.1, 0.15) is 15.2 Å². The van der Waals surface area contributed by atoms with E-state index in [1.807, 2.05) is 42.6 Å². The predicted octanol–water partition coefficient (Wildman–Crippen LogP) is 3.84. The molecule has 132 valence electrons. The topological polar surface area (TPSA) is 81.4 Å². The average molecular weight is 366 g/mol. The average Bonchev–Trinajstić information content (AvgIpc) is 3.11. The second-order valence-corrected chi connectivity index (χ2v) is 6.68. The van der Waals surface area contributed by atoms with Crippen LogP contribution in [0, 0.1) is 6.92 Å². The van der Waals surface area contributed by atoms with Gasteiger partial charge in [0, 0.05) is 17.3 Å². The molecule has 1 heterocycles. The monoisotopic (exact) mass is 366 g/mol. The van der Waals surface area contributed by atoms with Crippen molar-refractivity contribution in [3.8, 4) is 16.9 Å². The van der Waals surface area contributed by atoms with Gasteiger partial charge in [-0.2, -0.15) is 0 Å². The Bertz CT molecular complexity index is 932. The summed E-state index contributed by atoms with van der Waals surface area (Å²) in [6.45, 7) is 1.82. The molecule has 0 saturated carbocycles. The summed E-state index contributed by atoms with van der Waals surface area (Å²) in [6.07, 6.45) is 0. The number of hydrogen-bond acceptors (Lipinski definition) is 4. The van der Waals surface area contributed by atoms with E-state index in [-0.39, 0.29) is 12.5 Å². The molecular formula is C20H18N2O3S. The van der Waals surface area contributed by atoms with E-state index >= 15 is 0 Å². The molecule has 5 nitrogen and oxygen atoms in total. The van der Waals surface area contributed by atoms with Crippen molar-refractivity contribution >= 4 is 28.8 Å². The number of primary amides is 1. The molecule has 0 bridgehead atoms. The number of nitrogens with one attached hydrogen (secondary N) is 1. The van der Waals surface area contributed by atoms with E-state index in [2.05, 4.69) is 5.32 Å². The van der Waals surface area contributed by atoms with Gasteiger partial charge in [-0.05, 0) is 36.1 Å². The number of carbonyl (C=O) groups is 2. The third kappa shape index (κ3) is 4.29. The molecule has 0 aliphatic heterocycles. The molecule has 0 unspecified atom stereocenters. The fraction of sp³-hybridized carbons (Fsp3) is 0.100. The first-order chi connectivity index (χ1) is 12.5. The molecule has 0 aliphatic carbocycles. The normalized spacial score (nSPS) is 10.3. The van der Waals surface area contributed by atoms with Crippen LogP contribution in [-0.4, -0.2) is 18.4 Å². The van der Waals surface area contributed by atoms with Gasteiger partial charge in [0.05, 0.1) is 4.88 Å². The third-order valence-electron chi connectivity index (χ3n) is 3.71. The SMILES string of the molecule is Cc1ccc(-c2ccsc2C(=O)Nc2cccc(OCC(N)=O)c2)cc1. The predicted molar refractivity (Wildman–Crippen MR) is 104 cm³/mol. The highest BCUT2D eigenvalue weighted by molar-refractivity contribution is 7.12. The Labute approximate surface area is 155 Å². The number of thiophene rings is 1. The standard InChI is InChI=1S/C20H18N2O3S/c1-13-5-7-14(8-6-13)17-9-10-26-19(17)20(24)22-15-3-2-4-16(11-15)25-12-18(21)23/h2-11H,12H2,1H3,(H2,21,23)(H,22,24). The van der Waals surface area contributed by atoms with Gasteiger partial charge in [0.1, 0.15) is 5.75 Å². The molecule has 3 aromatic rings. The Morgan fingerprint density at radius 1 is 1.12 bits per heavy atom. The fourth-order valence-corrected chi connectivity index (χ4v) is 3.26. The van der Waals surface area contributed by atoms with E-state index < -0.39 is 5.91 Å². The Hall–Kier alpha value is -3.12. The highest BCUT2D eigenvalue weighted by Gasteiger charge is 2.15. The number of aryl methyl sites for hydroxylation is 1. The number of hydrogen-bond donors (Lipinski definition) is 2. The van der Waals surface area contributed by atoms with Crippen molar-refractivity contribution in [3.63, 3.8) is 0 Å². The summed E-state index contributed by atoms with van der Waals surface area (Å²) in [6, 6.07) is 16.8. The Balaban J connectivity index is 1.77. The molecule has 0 aliphatic rings. The van der Waals surface area contributed by atoms with Gasteiger partial charge < -0.3 is 15.8 Å². The summed E-state index contributed by atoms with van der Waals surface area (Å²) in [4.78, 5) is 24.1. The zero-order valence-electron chi connectivity index (χ0n) is 14.2. The van der Waals surface area contributed by atoms with Crippen LogP contribution in [0.2, 0.25) is 0 Å². The van der Waals surface area contributed by atoms with E-state index in [0.29, 0.717) is 16.3 Å². The first-order valence-corrected chi connectivity index (χ1v) is 8.88. The Morgan fingerprint density at radius 3 is 2.62 bits per heavy atom. The van der Waals surface area contributed by atoms with Crippen LogP contribution in [0.3, 0.4) is 0 Å². The van der Waals surface area contributed by atoms with Crippen molar-refractivity contribution in [2.75, 3.05) is 11.9 Å². The summed E-state index contributed by atoms with van der Waals surface area (Å²) >= 11 is 1.39. The largest absolute Gasteiger partial charge is 0.484 e. The Morgan fingerprint density at radius 2 is 1.88 bits per heavy atom. The number of benzene rings is 2. The van der Waals surface area contributed by atoms with Crippen molar-refractivity contribution in [2.24, 2.45) is 5.73 Å². The van der Waals surface area contributed by atoms with Gasteiger partial charge in [0.2, 0.25) is 0 Å². The molecule has 6 heteroatoms. The molecule has 1 aromatic heterocycles. The molecule has 0 fully saturated rings. The summed E-state index contributed by atoms with van der Waals surface area (Å²) in [5.74, 6) is -0.282. The molecule has 3 N–H and O–H groups in total. The fourth-order valence-electron chi connectivity index (χ4n) is 2.45. The molecule has 3 rings (SSSR count). The van der Waals surface area contributed by atoms with Gasteiger partial charge in [-0.25, -0.2) is 0 Å². The van der Waals surface area contributed by atoms with Crippen molar-refractivity contribution in [1.82, 2.24) is 0 Å². The maximum absolute atomic E-state index is 12.7. The molecule has 0 saturated heterocycles. The lowest BCUT2D eigenvalue weighted by Crippen LogP contribution is -2.20. The summed E-state index contributed by atoms with van der Waals surface area (Å²) in [7, 11) is 0. The van der Waals surface area contributed by atoms with E-state index in [4.69, 9.17) is 10.5 Å². The van der Waals surface area contributed by atoms with Gasteiger partial charge in [0.15, 0.2) is 6.61 Å². The second kappa shape index (κ2) is 7.84. The lowest BCUT2D eigenvalue weighted by molar-refractivity contribution is -0.119. The van der Waals surface area contributed by atoms with Crippen LogP contribution in [0.25, 0.3) is 11.1 Å². The highest BCUT2D eigenvalue weighted by Crippen LogP contribution is 2.29. The number of ether oxygens (including phenoxy) is 1. The zero-order chi connectivity index (χ0) is 18.5. The smallest absolute Gasteiger partial charge is 0.266 e. The van der Waals surface area contributed by atoms with Gasteiger partial charge in [-0.3, -0.25) is 9.59 Å². The van der Waals surface area contributed by atoms with Crippen LogP contribution in [0.4, 0.5) is 5.69 Å². The van der Waals surface area contributed by atoms with Gasteiger partial charge in [-0.15, -0.1) is 11.3 Å². The van der Waals surface area contributed by atoms with Gasteiger partial charge in [0.25, 0.3) is 11.8 Å². The summed E-state index contributed by atoms with van der Waals surface area (Å²) in [5.41, 5.74) is 8.72. The van der Waals surface area contributed by atoms with Crippen LogP contribution in [-0.2, 0) is 4.79 Å². The van der Waals surface area contributed by atoms with Crippen molar-refractivity contribution < 1.29 is 14.3 Å². The molecule has 0 spiro atoms. The van der Waals surface area contributed by atoms with Crippen LogP contribution in [0.15, 0.2) is 60.0 Å². The molecule has 2 aromatic carbocycles. The first kappa shape index (κ1) is 17.7. The number of nitrogens with two attached hydrogens (primary N) is 1. The van der Waals surface area contributed by atoms with Crippen molar-refractivity contribution in [1.29, 1.82) is 0 Å². The van der Waals surface area contributed by atoms with Gasteiger partial charge >= 0.3 is 0 Å². The number of anilines is 1. The lowest BCUT2D eigenvalue weighted by atomic mass is 10.0. The molecular weight excluding hydrogens is 348 g/mol. The van der Waals surface area contributed by atoms with Crippen molar-refractivity contribution in [2.45, 2.75) is 6.92 Å². The molecule has 2 amide bonds. The molecule has 26 heavy (non-hydrogen) atoms. The van der Waals surface area contributed by atoms with Gasteiger partial charge in [-0.1, -0.05) is 35.9 Å². The number of rotatable bonds is 6. The highest BCUT2D eigenvalue weighted by atomic mass is 32.1. The maximum Gasteiger partial charge on any atom is 0.266 e. The van der Waals surface area contributed by atoms with Crippen LogP contribution >= 0.6 is 11.3 Å².